The predicted octanol–water partition coefficient (Wildman–Crippen LogP) is 1.96. The smallest absolute Gasteiger partial charge is 0.231 e. The molecule has 0 unspecified atom stereocenters. The van der Waals surface area contributed by atoms with Gasteiger partial charge in [-0.2, -0.15) is 5.10 Å². The number of nitrogens with one attached hydrogen (secondary N) is 1. The maximum absolute atomic E-state index is 11.0. The molecule has 92 valence electrons. The predicted molar refractivity (Wildman–Crippen MR) is 67.6 cm³/mol. The molecule has 0 spiro atoms. The van der Waals surface area contributed by atoms with Crippen molar-refractivity contribution >= 4 is 28.0 Å². The number of nitrogen functional groups attached to an aromatic ring is 1. The van der Waals surface area contributed by atoms with E-state index in [2.05, 4.69) is 26.1 Å². The average Bonchev–Trinajstić information content (AvgIpc) is 2.97. The first-order valence-corrected chi connectivity index (χ1v) is 5.88. The second kappa shape index (κ2) is 4.02. The van der Waals surface area contributed by atoms with Crippen LogP contribution in [-0.4, -0.2) is 23.3 Å². The van der Waals surface area contributed by atoms with Crippen LogP contribution in [0.5, 0.6) is 11.5 Å². The number of carbonyl (C=O) groups is 1. The first kappa shape index (κ1) is 11.1. The van der Waals surface area contributed by atoms with Crippen LogP contribution in [0.25, 0.3) is 11.3 Å². The number of hydrogen-bond acceptors (Lipinski definition) is 5. The molecular weight excluding hydrogens is 302 g/mol. The summed E-state index contributed by atoms with van der Waals surface area (Å²) >= 11 is 3.33. The molecule has 0 amide bonds. The number of aromatic amines is 1. The number of H-pyrrole nitrogens is 1. The fourth-order valence-electron chi connectivity index (χ4n) is 1.84. The van der Waals surface area contributed by atoms with Crippen LogP contribution in [0.3, 0.4) is 0 Å². The Bertz CT molecular complexity index is 639. The van der Waals surface area contributed by atoms with E-state index in [0.29, 0.717) is 33.0 Å². The van der Waals surface area contributed by atoms with E-state index in [1.54, 1.807) is 12.1 Å². The number of anilines is 1. The first-order chi connectivity index (χ1) is 8.70. The summed E-state index contributed by atoms with van der Waals surface area (Å²) in [5.41, 5.74) is 7.44. The molecule has 0 atom stereocenters. The van der Waals surface area contributed by atoms with E-state index in [4.69, 9.17) is 15.2 Å². The molecular formula is C11H8BrN3O3. The zero-order valence-electron chi connectivity index (χ0n) is 9.07. The highest BCUT2D eigenvalue weighted by atomic mass is 79.9. The normalized spacial score (nSPS) is 12.7. The number of benzene rings is 1. The van der Waals surface area contributed by atoms with Crippen LogP contribution >= 0.6 is 15.9 Å². The van der Waals surface area contributed by atoms with Crippen LogP contribution in [0.15, 0.2) is 16.6 Å². The minimum absolute atomic E-state index is 0.0866. The molecule has 3 rings (SSSR count). The van der Waals surface area contributed by atoms with Gasteiger partial charge < -0.3 is 15.2 Å². The van der Waals surface area contributed by atoms with Crippen LogP contribution in [0.2, 0.25) is 0 Å². The van der Waals surface area contributed by atoms with Crippen molar-refractivity contribution in [2.75, 3.05) is 12.5 Å². The molecule has 1 aromatic heterocycles. The summed E-state index contributed by atoms with van der Waals surface area (Å²) < 4.78 is 11.4. The Morgan fingerprint density at radius 1 is 1.39 bits per heavy atom. The zero-order valence-corrected chi connectivity index (χ0v) is 10.7. The highest BCUT2D eigenvalue weighted by Gasteiger charge is 2.25. The Morgan fingerprint density at radius 3 is 2.83 bits per heavy atom. The molecule has 6 nitrogen and oxygen atoms in total. The van der Waals surface area contributed by atoms with Crippen molar-refractivity contribution in [2.45, 2.75) is 0 Å². The summed E-state index contributed by atoms with van der Waals surface area (Å²) in [6.07, 6.45) is 0.725. The van der Waals surface area contributed by atoms with Gasteiger partial charge in [-0.25, -0.2) is 0 Å². The van der Waals surface area contributed by atoms with Crippen LogP contribution in [0.4, 0.5) is 5.82 Å². The largest absolute Gasteiger partial charge is 0.453 e. The first-order valence-electron chi connectivity index (χ1n) is 5.09. The van der Waals surface area contributed by atoms with E-state index >= 15 is 0 Å². The lowest BCUT2D eigenvalue weighted by molar-refractivity contribution is 0.111. The number of aldehydes is 1. The number of nitrogens with zero attached hydrogens (tertiary/aromatic N) is 1. The van der Waals surface area contributed by atoms with Crippen LogP contribution < -0.4 is 15.2 Å². The van der Waals surface area contributed by atoms with Crippen LogP contribution in [0.1, 0.15) is 10.4 Å². The molecule has 2 aromatic rings. The fourth-order valence-corrected chi connectivity index (χ4v) is 2.34. The van der Waals surface area contributed by atoms with E-state index in [1.165, 1.54) is 0 Å². The zero-order chi connectivity index (χ0) is 12.7. The SMILES string of the molecule is Nc1cc(-c2cc(Br)c(C=O)c3c2OCO3)[nH]n1. The van der Waals surface area contributed by atoms with Crippen LogP contribution in [0, 0.1) is 0 Å². The van der Waals surface area contributed by atoms with Crippen molar-refractivity contribution in [3.05, 3.63) is 22.2 Å². The van der Waals surface area contributed by atoms with E-state index in [-0.39, 0.29) is 6.79 Å². The highest BCUT2D eigenvalue weighted by molar-refractivity contribution is 9.10. The lowest BCUT2D eigenvalue weighted by atomic mass is 10.1. The highest BCUT2D eigenvalue weighted by Crippen LogP contribution is 2.46. The van der Waals surface area contributed by atoms with E-state index in [1.807, 2.05) is 0 Å². The molecule has 1 aromatic carbocycles. The second-order valence-electron chi connectivity index (χ2n) is 3.71. The molecule has 0 radical (unpaired) electrons. The van der Waals surface area contributed by atoms with E-state index in [0.717, 1.165) is 11.8 Å². The molecule has 0 aliphatic carbocycles. The van der Waals surface area contributed by atoms with Gasteiger partial charge >= 0.3 is 0 Å². The van der Waals surface area contributed by atoms with Gasteiger partial charge in [-0.05, 0) is 22.0 Å². The topological polar surface area (TPSA) is 90.2 Å². The maximum Gasteiger partial charge on any atom is 0.231 e. The summed E-state index contributed by atoms with van der Waals surface area (Å²) in [6, 6.07) is 3.45. The Balaban J connectivity index is 2.25. The number of ether oxygens (including phenoxy) is 2. The lowest BCUT2D eigenvalue weighted by Gasteiger charge is -2.07. The summed E-state index contributed by atoms with van der Waals surface area (Å²) in [7, 11) is 0. The van der Waals surface area contributed by atoms with Crippen molar-refractivity contribution in [3.8, 4) is 22.8 Å². The molecule has 0 saturated carbocycles. The van der Waals surface area contributed by atoms with Gasteiger partial charge in [0.25, 0.3) is 0 Å². The Hall–Kier alpha value is -2.02. The van der Waals surface area contributed by atoms with Crippen LogP contribution in [-0.2, 0) is 0 Å². The lowest BCUT2D eigenvalue weighted by Crippen LogP contribution is -1.94. The van der Waals surface area contributed by atoms with Gasteiger partial charge in [0, 0.05) is 16.1 Å². The minimum Gasteiger partial charge on any atom is -0.453 e. The van der Waals surface area contributed by atoms with E-state index in [9.17, 15) is 4.79 Å². The summed E-state index contributed by atoms with van der Waals surface area (Å²) in [4.78, 5) is 11.0. The number of halogens is 1. The molecule has 2 heterocycles. The Morgan fingerprint density at radius 2 is 2.17 bits per heavy atom. The third-order valence-corrected chi connectivity index (χ3v) is 3.29. The monoisotopic (exact) mass is 309 g/mol. The van der Waals surface area contributed by atoms with Crippen molar-refractivity contribution in [2.24, 2.45) is 0 Å². The van der Waals surface area contributed by atoms with Crippen molar-refractivity contribution in [3.63, 3.8) is 0 Å². The quantitative estimate of drug-likeness (QED) is 0.828. The van der Waals surface area contributed by atoms with Crippen molar-refractivity contribution in [1.82, 2.24) is 10.2 Å². The third-order valence-electron chi connectivity index (χ3n) is 2.64. The molecule has 18 heavy (non-hydrogen) atoms. The summed E-state index contributed by atoms with van der Waals surface area (Å²) in [5, 5.41) is 6.66. The molecule has 1 aliphatic heterocycles. The maximum atomic E-state index is 11.0. The van der Waals surface area contributed by atoms with Gasteiger partial charge in [-0.3, -0.25) is 9.89 Å². The minimum atomic E-state index is 0.0866. The molecule has 3 N–H and O–H groups in total. The van der Waals surface area contributed by atoms with Gasteiger partial charge in [0.1, 0.15) is 5.82 Å². The van der Waals surface area contributed by atoms with Gasteiger partial charge in [0.15, 0.2) is 17.8 Å². The van der Waals surface area contributed by atoms with E-state index < -0.39 is 0 Å². The molecule has 7 heteroatoms. The Kier molecular flexibility index (Phi) is 2.48. The molecule has 0 saturated heterocycles. The number of fused-ring (bicyclic) bond motifs is 1. The van der Waals surface area contributed by atoms with Gasteiger partial charge in [0.05, 0.1) is 11.3 Å². The number of aromatic nitrogens is 2. The fraction of sp³-hybridized carbons (Fsp3) is 0.0909. The summed E-state index contributed by atoms with van der Waals surface area (Å²) in [6.45, 7) is 0.0866. The van der Waals surface area contributed by atoms with Crippen molar-refractivity contribution in [1.29, 1.82) is 0 Å². The van der Waals surface area contributed by atoms with Crippen molar-refractivity contribution < 1.29 is 14.3 Å². The van der Waals surface area contributed by atoms with Gasteiger partial charge in [-0.15, -0.1) is 0 Å². The molecule has 0 bridgehead atoms. The molecule has 0 fully saturated rings. The van der Waals surface area contributed by atoms with Gasteiger partial charge in [0.2, 0.25) is 6.79 Å². The Labute approximate surface area is 110 Å². The number of rotatable bonds is 2. The van der Waals surface area contributed by atoms with Gasteiger partial charge in [-0.1, -0.05) is 0 Å². The number of nitrogens with two attached hydrogens (primary N) is 1. The average molecular weight is 310 g/mol. The molecule has 1 aliphatic rings. The standard InChI is InChI=1S/C11H8BrN3O3/c12-7-1-5(8-2-9(13)15-14-8)10-11(6(7)3-16)18-4-17-10/h1-3H,4H2,(H3,13,14,15). The number of carbonyl (C=O) groups excluding carboxylic acids is 1. The number of hydrogen-bond donors (Lipinski definition) is 2. The summed E-state index contributed by atoms with van der Waals surface area (Å²) in [5.74, 6) is 1.33. The second-order valence-corrected chi connectivity index (χ2v) is 4.56. The third kappa shape index (κ3) is 1.55.